The van der Waals surface area contributed by atoms with Crippen molar-refractivity contribution in [3.8, 4) is 11.5 Å². The monoisotopic (exact) mass is 348 g/mol. The van der Waals surface area contributed by atoms with Gasteiger partial charge >= 0.3 is 0 Å². The summed E-state index contributed by atoms with van der Waals surface area (Å²) in [5, 5.41) is 2.69. The van der Waals surface area contributed by atoms with E-state index in [4.69, 9.17) is 9.47 Å². The number of carbonyl (C=O) groups is 1. The summed E-state index contributed by atoms with van der Waals surface area (Å²) >= 11 is 0. The van der Waals surface area contributed by atoms with Gasteiger partial charge in [0.25, 0.3) is 6.43 Å². The number of nitrogens with zero attached hydrogens (tertiary/aromatic N) is 1. The molecule has 7 heteroatoms. The fraction of sp³-hybridized carbons (Fsp3) is 0.333. The van der Waals surface area contributed by atoms with Gasteiger partial charge in [0.2, 0.25) is 5.91 Å². The summed E-state index contributed by atoms with van der Waals surface area (Å²) in [6.07, 6.45) is -0.863. The van der Waals surface area contributed by atoms with E-state index in [9.17, 15) is 13.6 Å². The molecule has 2 atom stereocenters. The van der Waals surface area contributed by atoms with Crippen LogP contribution in [0.1, 0.15) is 11.1 Å². The Hall–Kier alpha value is -2.70. The molecule has 1 aromatic carbocycles. The Morgan fingerprint density at radius 3 is 2.96 bits per heavy atom. The highest BCUT2D eigenvalue weighted by Crippen LogP contribution is 2.33. The molecule has 1 aromatic heterocycles. The Labute approximate surface area is 144 Å². The number of amides is 1. The molecule has 0 unspecified atom stereocenters. The minimum absolute atomic E-state index is 0.178. The summed E-state index contributed by atoms with van der Waals surface area (Å²) in [6, 6.07) is 8.66. The molecule has 0 bridgehead atoms. The highest BCUT2D eigenvalue weighted by molar-refractivity contribution is 5.80. The number of alkyl halides is 2. The fourth-order valence-corrected chi connectivity index (χ4v) is 2.83. The Kier molecular flexibility index (Phi) is 5.11. The van der Waals surface area contributed by atoms with Gasteiger partial charge in [0.15, 0.2) is 6.10 Å². The fourth-order valence-electron chi connectivity index (χ4n) is 2.83. The molecule has 0 fully saturated rings. The number of carbonyl (C=O) groups excluding carboxylic acids is 1. The summed E-state index contributed by atoms with van der Waals surface area (Å²) in [5.41, 5.74) is 1.47. The van der Waals surface area contributed by atoms with Crippen LogP contribution in [0, 0.1) is 5.92 Å². The molecule has 0 saturated carbocycles. The van der Waals surface area contributed by atoms with E-state index >= 15 is 0 Å². The van der Waals surface area contributed by atoms with Crippen LogP contribution < -0.4 is 14.8 Å². The number of benzene rings is 1. The number of nitrogens with one attached hydrogen (secondary N) is 1. The quantitative estimate of drug-likeness (QED) is 0.902. The molecule has 5 nitrogen and oxygen atoms in total. The summed E-state index contributed by atoms with van der Waals surface area (Å²) in [4.78, 5) is 16.5. The lowest BCUT2D eigenvalue weighted by Crippen LogP contribution is -2.47. The molecule has 0 radical (unpaired) electrons. The molecule has 0 aliphatic carbocycles. The molecule has 25 heavy (non-hydrogen) atoms. The molecule has 1 aliphatic heterocycles. The van der Waals surface area contributed by atoms with Crippen LogP contribution in [0.4, 0.5) is 8.78 Å². The van der Waals surface area contributed by atoms with Crippen LogP contribution in [0.2, 0.25) is 0 Å². The number of pyridine rings is 1. The van der Waals surface area contributed by atoms with Gasteiger partial charge in [-0.15, -0.1) is 0 Å². The van der Waals surface area contributed by atoms with Gasteiger partial charge in [-0.25, -0.2) is 8.78 Å². The van der Waals surface area contributed by atoms with E-state index in [0.717, 1.165) is 11.1 Å². The average molecular weight is 348 g/mol. The van der Waals surface area contributed by atoms with Gasteiger partial charge in [-0.2, -0.15) is 0 Å². The number of halogens is 2. The molecule has 2 aromatic rings. The number of fused-ring (bicyclic) bond motifs is 1. The van der Waals surface area contributed by atoms with Gasteiger partial charge in [0, 0.05) is 12.7 Å². The largest absolute Gasteiger partial charge is 0.495 e. The van der Waals surface area contributed by atoms with Crippen LogP contribution in [0.15, 0.2) is 42.7 Å². The van der Waals surface area contributed by atoms with Crippen molar-refractivity contribution in [3.63, 3.8) is 0 Å². The highest BCUT2D eigenvalue weighted by Gasteiger charge is 2.40. The third-order valence-corrected chi connectivity index (χ3v) is 4.13. The first-order valence-corrected chi connectivity index (χ1v) is 7.87. The van der Waals surface area contributed by atoms with Crippen molar-refractivity contribution >= 4 is 5.91 Å². The topological polar surface area (TPSA) is 60.5 Å². The van der Waals surface area contributed by atoms with Crippen molar-refractivity contribution < 1.29 is 23.0 Å². The van der Waals surface area contributed by atoms with Gasteiger partial charge in [0.1, 0.15) is 11.5 Å². The van der Waals surface area contributed by atoms with Gasteiger partial charge in [0.05, 0.1) is 19.2 Å². The van der Waals surface area contributed by atoms with Crippen molar-refractivity contribution in [1.29, 1.82) is 0 Å². The van der Waals surface area contributed by atoms with E-state index < -0.39 is 24.4 Å². The van der Waals surface area contributed by atoms with Gasteiger partial charge in [-0.1, -0.05) is 18.2 Å². The first-order chi connectivity index (χ1) is 12.1. The van der Waals surface area contributed by atoms with Crippen molar-refractivity contribution in [2.24, 2.45) is 5.92 Å². The lowest BCUT2D eigenvalue weighted by molar-refractivity contribution is -0.133. The van der Waals surface area contributed by atoms with Gasteiger partial charge in [-0.3, -0.25) is 9.78 Å². The maximum Gasteiger partial charge on any atom is 0.275 e. The number of hydrogen-bond donors (Lipinski definition) is 1. The number of rotatable bonds is 5. The van der Waals surface area contributed by atoms with Crippen LogP contribution in [-0.4, -0.2) is 30.5 Å². The summed E-state index contributed by atoms with van der Waals surface area (Å²) in [7, 11) is 1.52. The molecular weight excluding hydrogens is 330 g/mol. The van der Waals surface area contributed by atoms with Crippen LogP contribution in [-0.2, 0) is 17.8 Å². The maximum atomic E-state index is 13.4. The Balaban J connectivity index is 1.71. The lowest BCUT2D eigenvalue weighted by Gasteiger charge is -2.32. The SMILES string of the molecule is COc1cncc(CNC(=O)[C@@H]2Cc3ccccc3O[C@H]2C(F)F)c1. The molecule has 2 heterocycles. The van der Waals surface area contributed by atoms with E-state index in [2.05, 4.69) is 10.3 Å². The molecule has 0 spiro atoms. The van der Waals surface area contributed by atoms with Crippen molar-refractivity contribution in [2.75, 3.05) is 7.11 Å². The van der Waals surface area contributed by atoms with Crippen LogP contribution >= 0.6 is 0 Å². The molecule has 1 aliphatic rings. The number of hydrogen-bond acceptors (Lipinski definition) is 4. The minimum atomic E-state index is -2.75. The Bertz CT molecular complexity index is 755. The molecule has 0 saturated heterocycles. The zero-order valence-corrected chi connectivity index (χ0v) is 13.6. The third-order valence-electron chi connectivity index (χ3n) is 4.13. The van der Waals surface area contributed by atoms with E-state index in [0.29, 0.717) is 11.5 Å². The second-order valence-corrected chi connectivity index (χ2v) is 5.79. The number of methoxy groups -OCH3 is 1. The summed E-state index contributed by atoms with van der Waals surface area (Å²) in [5.74, 6) is -0.447. The second-order valence-electron chi connectivity index (χ2n) is 5.79. The average Bonchev–Trinajstić information content (AvgIpc) is 2.65. The summed E-state index contributed by atoms with van der Waals surface area (Å²) in [6.45, 7) is 0.178. The van der Waals surface area contributed by atoms with E-state index in [1.54, 1.807) is 42.7 Å². The molecule has 3 rings (SSSR count). The minimum Gasteiger partial charge on any atom is -0.495 e. The Morgan fingerprint density at radius 1 is 1.40 bits per heavy atom. The predicted molar refractivity (Wildman–Crippen MR) is 86.7 cm³/mol. The van der Waals surface area contributed by atoms with E-state index in [1.165, 1.54) is 7.11 Å². The van der Waals surface area contributed by atoms with E-state index in [1.807, 2.05) is 0 Å². The third kappa shape index (κ3) is 3.87. The second kappa shape index (κ2) is 7.46. The molecule has 132 valence electrons. The smallest absolute Gasteiger partial charge is 0.275 e. The molecule has 1 N–H and O–H groups in total. The number of ether oxygens (including phenoxy) is 2. The van der Waals surface area contributed by atoms with Crippen LogP contribution in [0.25, 0.3) is 0 Å². The molecular formula is C18H18F2N2O3. The standard InChI is InChI=1S/C18H18F2N2O3/c1-24-13-6-11(8-21-10-13)9-22-18(23)14-7-12-4-2-3-5-15(12)25-16(14)17(19)20/h2-6,8,10,14,16-17H,7,9H2,1H3,(H,22,23)/t14-,16-/m1/s1. The normalized spacial score (nSPS) is 19.0. The van der Waals surface area contributed by atoms with Crippen molar-refractivity contribution in [1.82, 2.24) is 10.3 Å². The lowest BCUT2D eigenvalue weighted by atomic mass is 9.90. The van der Waals surface area contributed by atoms with Crippen molar-refractivity contribution in [2.45, 2.75) is 25.5 Å². The van der Waals surface area contributed by atoms with E-state index in [-0.39, 0.29) is 13.0 Å². The Morgan fingerprint density at radius 2 is 2.20 bits per heavy atom. The van der Waals surface area contributed by atoms with Gasteiger partial charge in [-0.05, 0) is 29.7 Å². The zero-order chi connectivity index (χ0) is 17.8. The number of aromatic nitrogens is 1. The maximum absolute atomic E-state index is 13.4. The number of para-hydroxylation sites is 1. The van der Waals surface area contributed by atoms with Crippen molar-refractivity contribution in [3.05, 3.63) is 53.9 Å². The van der Waals surface area contributed by atoms with Gasteiger partial charge < -0.3 is 14.8 Å². The highest BCUT2D eigenvalue weighted by atomic mass is 19.3. The molecule has 1 amide bonds. The predicted octanol–water partition coefficient (Wildman–Crippen LogP) is 2.59. The first kappa shape index (κ1) is 17.1. The van der Waals surface area contributed by atoms with Crippen LogP contribution in [0.5, 0.6) is 11.5 Å². The summed E-state index contributed by atoms with van der Waals surface area (Å²) < 4.78 is 37.2. The first-order valence-electron chi connectivity index (χ1n) is 7.87. The zero-order valence-electron chi connectivity index (χ0n) is 13.6. The van der Waals surface area contributed by atoms with Crippen LogP contribution in [0.3, 0.4) is 0 Å².